The number of hydrogen-bond donors (Lipinski definition) is 1. The fourth-order valence-corrected chi connectivity index (χ4v) is 1.60. The Bertz CT molecular complexity index is 413. The first-order chi connectivity index (χ1) is 7.70. The lowest BCUT2D eigenvalue weighted by Gasteiger charge is -2.19. The third-order valence-corrected chi connectivity index (χ3v) is 2.47. The molecule has 2 rings (SSSR count). The number of hydrogen-bond acceptors (Lipinski definition) is 4. The zero-order valence-electron chi connectivity index (χ0n) is 9.30. The molecule has 86 valence electrons. The summed E-state index contributed by atoms with van der Waals surface area (Å²) < 4.78 is 4.86. The molecule has 1 aromatic rings. The molecule has 6 heteroatoms. The highest BCUT2D eigenvalue weighted by molar-refractivity contribution is 5.89. The van der Waals surface area contributed by atoms with E-state index in [0.717, 1.165) is 12.8 Å². The zero-order valence-corrected chi connectivity index (χ0v) is 9.30. The number of rotatable bonds is 2. The van der Waals surface area contributed by atoms with E-state index >= 15 is 0 Å². The van der Waals surface area contributed by atoms with Crippen molar-refractivity contribution < 1.29 is 9.32 Å². The second kappa shape index (κ2) is 4.34. The molecule has 1 unspecified atom stereocenters. The first-order valence-electron chi connectivity index (χ1n) is 5.26. The summed E-state index contributed by atoms with van der Waals surface area (Å²) >= 11 is 0. The monoisotopic (exact) mass is 222 g/mol. The van der Waals surface area contributed by atoms with Crippen LogP contribution in [0.15, 0.2) is 15.7 Å². The minimum absolute atomic E-state index is 0.146. The summed E-state index contributed by atoms with van der Waals surface area (Å²) in [6.45, 7) is 3.80. The van der Waals surface area contributed by atoms with Crippen LogP contribution in [0.4, 0.5) is 10.6 Å². The van der Waals surface area contributed by atoms with E-state index in [9.17, 15) is 4.79 Å². The highest BCUT2D eigenvalue weighted by Gasteiger charge is 2.25. The van der Waals surface area contributed by atoms with Gasteiger partial charge in [0, 0.05) is 18.7 Å². The minimum atomic E-state index is -0.270. The van der Waals surface area contributed by atoms with E-state index in [1.54, 1.807) is 19.2 Å². The maximum atomic E-state index is 11.8. The predicted octanol–water partition coefficient (Wildman–Crippen LogP) is 1.99. The Morgan fingerprint density at radius 1 is 1.75 bits per heavy atom. The third-order valence-electron chi connectivity index (χ3n) is 2.47. The lowest BCUT2D eigenvalue weighted by molar-refractivity contribution is 0.198. The van der Waals surface area contributed by atoms with Gasteiger partial charge in [-0.3, -0.25) is 5.32 Å². The number of carbonyl (C=O) groups excluding carboxylic acids is 1. The van der Waals surface area contributed by atoms with Gasteiger partial charge in [0.25, 0.3) is 0 Å². The summed E-state index contributed by atoms with van der Waals surface area (Å²) in [5.41, 5.74) is 0. The van der Waals surface area contributed by atoms with E-state index in [-0.39, 0.29) is 12.1 Å². The van der Waals surface area contributed by atoms with Crippen LogP contribution in [-0.2, 0) is 0 Å². The Morgan fingerprint density at radius 3 is 3.19 bits per heavy atom. The topological polar surface area (TPSA) is 70.7 Å². The van der Waals surface area contributed by atoms with Crippen molar-refractivity contribution in [3.8, 4) is 0 Å². The van der Waals surface area contributed by atoms with Crippen molar-refractivity contribution in [2.45, 2.75) is 32.7 Å². The smallest absolute Gasteiger partial charge is 0.343 e. The Hall–Kier alpha value is -1.85. The summed E-state index contributed by atoms with van der Waals surface area (Å²) in [4.78, 5) is 11.8. The Labute approximate surface area is 93.3 Å². The lowest BCUT2D eigenvalue weighted by atomic mass is 10.2. The van der Waals surface area contributed by atoms with Crippen molar-refractivity contribution in [3.05, 3.63) is 11.8 Å². The summed E-state index contributed by atoms with van der Waals surface area (Å²) in [7, 11) is 0. The number of aryl methyl sites for hydroxylation is 1. The molecule has 1 aliphatic rings. The molecule has 0 spiro atoms. The van der Waals surface area contributed by atoms with Crippen molar-refractivity contribution in [2.24, 2.45) is 5.10 Å². The van der Waals surface area contributed by atoms with Gasteiger partial charge in [0.15, 0.2) is 5.82 Å². The minimum Gasteiger partial charge on any atom is -0.360 e. The predicted molar refractivity (Wildman–Crippen MR) is 59.3 cm³/mol. The number of nitrogens with one attached hydrogen (secondary N) is 1. The van der Waals surface area contributed by atoms with Crippen LogP contribution in [0.2, 0.25) is 0 Å². The summed E-state index contributed by atoms with van der Waals surface area (Å²) in [5, 5.41) is 11.8. The number of anilines is 1. The van der Waals surface area contributed by atoms with Crippen LogP contribution in [0, 0.1) is 6.92 Å². The molecule has 0 radical (unpaired) electrons. The number of urea groups is 1. The zero-order chi connectivity index (χ0) is 11.5. The van der Waals surface area contributed by atoms with E-state index in [0.29, 0.717) is 11.6 Å². The maximum Gasteiger partial charge on any atom is 0.343 e. The number of nitrogens with zero attached hydrogens (tertiary/aromatic N) is 3. The van der Waals surface area contributed by atoms with Crippen molar-refractivity contribution in [1.82, 2.24) is 10.2 Å². The quantitative estimate of drug-likeness (QED) is 0.831. The second-order valence-electron chi connectivity index (χ2n) is 3.69. The van der Waals surface area contributed by atoms with Crippen LogP contribution in [0.25, 0.3) is 0 Å². The highest BCUT2D eigenvalue weighted by Crippen LogP contribution is 2.16. The molecule has 0 bridgehead atoms. The lowest BCUT2D eigenvalue weighted by Crippen LogP contribution is -2.35. The van der Waals surface area contributed by atoms with Crippen molar-refractivity contribution in [3.63, 3.8) is 0 Å². The molecule has 1 aliphatic heterocycles. The van der Waals surface area contributed by atoms with Gasteiger partial charge < -0.3 is 4.52 Å². The number of aromatic nitrogens is 1. The number of hydrazone groups is 1. The molecule has 16 heavy (non-hydrogen) atoms. The largest absolute Gasteiger partial charge is 0.360 e. The molecule has 0 saturated carbocycles. The first-order valence-corrected chi connectivity index (χ1v) is 5.26. The first kappa shape index (κ1) is 10.7. The van der Waals surface area contributed by atoms with E-state index in [1.807, 2.05) is 6.92 Å². The van der Waals surface area contributed by atoms with Crippen LogP contribution in [-0.4, -0.2) is 28.5 Å². The average molecular weight is 222 g/mol. The van der Waals surface area contributed by atoms with Crippen molar-refractivity contribution in [2.75, 3.05) is 5.32 Å². The Morgan fingerprint density at radius 2 is 2.56 bits per heavy atom. The molecule has 0 fully saturated rings. The third kappa shape index (κ3) is 2.05. The fraction of sp³-hybridized carbons (Fsp3) is 0.500. The molecule has 2 heterocycles. The Balaban J connectivity index is 2.00. The molecule has 0 aliphatic carbocycles. The molecular weight excluding hydrogens is 208 g/mol. The molecule has 2 amide bonds. The van der Waals surface area contributed by atoms with Crippen LogP contribution < -0.4 is 5.32 Å². The highest BCUT2D eigenvalue weighted by atomic mass is 16.5. The van der Waals surface area contributed by atoms with Gasteiger partial charge in [-0.2, -0.15) is 5.10 Å². The SMILES string of the molecule is CCC1CC=NN1C(=O)Nc1cc(C)on1. The maximum absolute atomic E-state index is 11.8. The molecule has 0 saturated heterocycles. The van der Waals surface area contributed by atoms with Gasteiger partial charge in [-0.1, -0.05) is 12.1 Å². The van der Waals surface area contributed by atoms with E-state index in [4.69, 9.17) is 4.52 Å². The average Bonchev–Trinajstić information content (AvgIpc) is 2.86. The summed E-state index contributed by atoms with van der Waals surface area (Å²) in [5.74, 6) is 1.08. The van der Waals surface area contributed by atoms with Gasteiger partial charge in [0.1, 0.15) is 5.76 Å². The van der Waals surface area contributed by atoms with E-state index in [1.165, 1.54) is 5.01 Å². The van der Waals surface area contributed by atoms with Gasteiger partial charge in [0.2, 0.25) is 0 Å². The molecule has 1 aromatic heterocycles. The molecule has 0 aromatic carbocycles. The standard InChI is InChI=1S/C10H14N4O2/c1-3-8-4-5-11-14(8)10(15)12-9-6-7(2)16-13-9/h5-6,8H,3-4H2,1-2H3,(H,12,13,15). The van der Waals surface area contributed by atoms with Crippen molar-refractivity contribution >= 4 is 18.1 Å². The normalized spacial score (nSPS) is 19.1. The van der Waals surface area contributed by atoms with Gasteiger partial charge in [-0.05, 0) is 13.3 Å². The van der Waals surface area contributed by atoms with Gasteiger partial charge >= 0.3 is 6.03 Å². The van der Waals surface area contributed by atoms with Crippen LogP contribution in [0.5, 0.6) is 0 Å². The summed E-state index contributed by atoms with van der Waals surface area (Å²) in [6.07, 6.45) is 3.44. The number of carbonyl (C=O) groups is 1. The fourth-order valence-electron chi connectivity index (χ4n) is 1.60. The Kier molecular flexibility index (Phi) is 2.89. The van der Waals surface area contributed by atoms with Crippen LogP contribution in [0.1, 0.15) is 25.5 Å². The molecule has 1 atom stereocenters. The van der Waals surface area contributed by atoms with Gasteiger partial charge in [-0.25, -0.2) is 9.80 Å². The van der Waals surface area contributed by atoms with Gasteiger partial charge in [-0.15, -0.1) is 0 Å². The van der Waals surface area contributed by atoms with E-state index in [2.05, 4.69) is 15.6 Å². The van der Waals surface area contributed by atoms with Crippen LogP contribution >= 0.6 is 0 Å². The van der Waals surface area contributed by atoms with Crippen LogP contribution in [0.3, 0.4) is 0 Å². The molecule has 6 nitrogen and oxygen atoms in total. The van der Waals surface area contributed by atoms with Gasteiger partial charge in [0.05, 0.1) is 6.04 Å². The van der Waals surface area contributed by atoms with E-state index < -0.39 is 0 Å². The molecule has 1 N–H and O–H groups in total. The molecular formula is C10H14N4O2. The summed E-state index contributed by atoms with van der Waals surface area (Å²) in [6, 6.07) is 1.54. The second-order valence-corrected chi connectivity index (χ2v) is 3.69. The van der Waals surface area contributed by atoms with Crippen molar-refractivity contribution in [1.29, 1.82) is 0 Å². The number of amides is 2.